The number of nitrogens with zero attached hydrogens (tertiary/aromatic N) is 2. The summed E-state index contributed by atoms with van der Waals surface area (Å²) in [6, 6.07) is 4.44. The highest BCUT2D eigenvalue weighted by Crippen LogP contribution is 2.27. The molecule has 0 aliphatic rings. The molecule has 1 aromatic carbocycles. The Labute approximate surface area is 115 Å². The number of benzene rings is 1. The van der Waals surface area contributed by atoms with E-state index < -0.39 is 0 Å². The van der Waals surface area contributed by atoms with Gasteiger partial charge >= 0.3 is 0 Å². The van der Waals surface area contributed by atoms with Crippen LogP contribution in [0.4, 0.5) is 4.39 Å². The van der Waals surface area contributed by atoms with Gasteiger partial charge in [-0.15, -0.1) is 0 Å². The molecular weight excluding hydrogens is 274 g/mol. The normalized spacial score (nSPS) is 10.7. The Kier molecular flexibility index (Phi) is 3.83. The zero-order valence-electron chi connectivity index (χ0n) is 9.97. The fourth-order valence-electron chi connectivity index (χ4n) is 1.68. The zero-order valence-corrected chi connectivity index (χ0v) is 11.5. The van der Waals surface area contributed by atoms with Gasteiger partial charge in [0, 0.05) is 11.1 Å². The van der Waals surface area contributed by atoms with Crippen molar-refractivity contribution in [2.75, 3.05) is 0 Å². The van der Waals surface area contributed by atoms with Crippen LogP contribution in [0.15, 0.2) is 18.2 Å². The van der Waals surface area contributed by atoms with Gasteiger partial charge in [0.2, 0.25) is 0 Å². The summed E-state index contributed by atoms with van der Waals surface area (Å²) in [6.07, 6.45) is 0.653. The first-order chi connectivity index (χ1) is 8.52. The maximum absolute atomic E-state index is 13.3. The van der Waals surface area contributed by atoms with E-state index in [4.69, 9.17) is 23.2 Å². The molecule has 94 valence electrons. The summed E-state index contributed by atoms with van der Waals surface area (Å²) < 4.78 is 13.3. The lowest BCUT2D eigenvalue weighted by molar-refractivity contribution is 0.627. The maximum atomic E-state index is 13.3. The molecule has 0 aliphatic carbocycles. The molecule has 0 N–H and O–H groups in total. The average Bonchev–Trinajstić information content (AvgIpc) is 2.32. The van der Waals surface area contributed by atoms with Crippen LogP contribution in [0.3, 0.4) is 0 Å². The minimum atomic E-state index is -0.342. The quantitative estimate of drug-likeness (QED) is 0.761. The van der Waals surface area contributed by atoms with Crippen LogP contribution in [-0.2, 0) is 6.42 Å². The second-order valence-electron chi connectivity index (χ2n) is 3.92. The van der Waals surface area contributed by atoms with Crippen molar-refractivity contribution in [3.63, 3.8) is 0 Å². The molecule has 0 unspecified atom stereocenters. The minimum absolute atomic E-state index is 0.316. The second-order valence-corrected chi connectivity index (χ2v) is 4.64. The molecule has 0 aliphatic heterocycles. The molecule has 18 heavy (non-hydrogen) atoms. The fourth-order valence-corrected chi connectivity index (χ4v) is 2.33. The molecule has 5 heteroatoms. The standard InChI is InChI=1S/C13H11Cl2FN2/c1-3-9-11(14)17-13(18-12(9)15)10-6-8(16)5-4-7(10)2/h4-6H,3H2,1-2H3. The summed E-state index contributed by atoms with van der Waals surface area (Å²) in [7, 11) is 0. The van der Waals surface area contributed by atoms with E-state index in [9.17, 15) is 4.39 Å². The molecular formula is C13H11Cl2FN2. The molecule has 0 atom stereocenters. The highest BCUT2D eigenvalue weighted by Gasteiger charge is 2.13. The molecule has 1 aromatic heterocycles. The molecule has 2 rings (SSSR count). The predicted molar refractivity (Wildman–Crippen MR) is 71.6 cm³/mol. The van der Waals surface area contributed by atoms with Crippen LogP contribution < -0.4 is 0 Å². The van der Waals surface area contributed by atoms with Crippen LogP contribution in [0, 0.1) is 12.7 Å². The lowest BCUT2D eigenvalue weighted by Gasteiger charge is -2.08. The van der Waals surface area contributed by atoms with Gasteiger partial charge in [-0.2, -0.15) is 0 Å². The van der Waals surface area contributed by atoms with Crippen molar-refractivity contribution in [1.29, 1.82) is 0 Å². The van der Waals surface area contributed by atoms with Crippen molar-refractivity contribution in [3.05, 3.63) is 45.4 Å². The Bertz CT molecular complexity index is 577. The first kappa shape index (κ1) is 13.2. The van der Waals surface area contributed by atoms with E-state index in [0.29, 0.717) is 33.7 Å². The number of hydrogen-bond donors (Lipinski definition) is 0. The van der Waals surface area contributed by atoms with Crippen molar-refractivity contribution < 1.29 is 4.39 Å². The van der Waals surface area contributed by atoms with Crippen molar-refractivity contribution in [2.45, 2.75) is 20.3 Å². The lowest BCUT2D eigenvalue weighted by atomic mass is 10.1. The number of aromatic nitrogens is 2. The van der Waals surface area contributed by atoms with E-state index in [1.165, 1.54) is 12.1 Å². The fraction of sp³-hybridized carbons (Fsp3) is 0.231. The van der Waals surface area contributed by atoms with Gasteiger partial charge in [-0.3, -0.25) is 0 Å². The predicted octanol–water partition coefficient (Wildman–Crippen LogP) is 4.46. The van der Waals surface area contributed by atoms with Crippen LogP contribution >= 0.6 is 23.2 Å². The molecule has 0 bridgehead atoms. The molecule has 2 aromatic rings. The van der Waals surface area contributed by atoms with Gasteiger partial charge in [-0.05, 0) is 31.0 Å². The van der Waals surface area contributed by atoms with E-state index in [1.54, 1.807) is 6.07 Å². The third-order valence-electron chi connectivity index (χ3n) is 2.70. The maximum Gasteiger partial charge on any atom is 0.162 e. The Hall–Kier alpha value is -1.19. The number of rotatable bonds is 2. The zero-order chi connectivity index (χ0) is 13.3. The van der Waals surface area contributed by atoms with Crippen LogP contribution in [0.25, 0.3) is 11.4 Å². The second kappa shape index (κ2) is 5.21. The van der Waals surface area contributed by atoms with Crippen LogP contribution in [0.2, 0.25) is 10.3 Å². The summed E-state index contributed by atoms with van der Waals surface area (Å²) >= 11 is 12.1. The smallest absolute Gasteiger partial charge is 0.162 e. The van der Waals surface area contributed by atoms with E-state index in [2.05, 4.69) is 9.97 Å². The Morgan fingerprint density at radius 1 is 1.17 bits per heavy atom. The first-order valence-electron chi connectivity index (χ1n) is 5.51. The first-order valence-corrected chi connectivity index (χ1v) is 6.27. The topological polar surface area (TPSA) is 25.8 Å². The summed E-state index contributed by atoms with van der Waals surface area (Å²) in [6.45, 7) is 3.78. The molecule has 0 fully saturated rings. The number of halogens is 3. The highest BCUT2D eigenvalue weighted by molar-refractivity contribution is 6.34. The van der Waals surface area contributed by atoms with Crippen molar-refractivity contribution in [2.24, 2.45) is 0 Å². The SMILES string of the molecule is CCc1c(Cl)nc(-c2cc(F)ccc2C)nc1Cl. The van der Waals surface area contributed by atoms with Gasteiger partial charge in [0.25, 0.3) is 0 Å². The van der Waals surface area contributed by atoms with E-state index >= 15 is 0 Å². The average molecular weight is 285 g/mol. The Morgan fingerprint density at radius 3 is 2.33 bits per heavy atom. The largest absolute Gasteiger partial charge is 0.216 e. The molecule has 0 saturated heterocycles. The summed E-state index contributed by atoms with van der Waals surface area (Å²) in [5.41, 5.74) is 2.17. The van der Waals surface area contributed by atoms with Gasteiger partial charge < -0.3 is 0 Å². The van der Waals surface area contributed by atoms with E-state index in [-0.39, 0.29) is 5.82 Å². The molecule has 0 amide bonds. The highest BCUT2D eigenvalue weighted by atomic mass is 35.5. The van der Waals surface area contributed by atoms with Crippen molar-refractivity contribution in [1.82, 2.24) is 9.97 Å². The Morgan fingerprint density at radius 2 is 1.78 bits per heavy atom. The molecule has 2 nitrogen and oxygen atoms in total. The monoisotopic (exact) mass is 284 g/mol. The van der Waals surface area contributed by atoms with E-state index in [1.807, 2.05) is 13.8 Å². The van der Waals surface area contributed by atoms with Gasteiger partial charge in [-0.25, -0.2) is 14.4 Å². The molecule has 0 spiro atoms. The van der Waals surface area contributed by atoms with Gasteiger partial charge in [0.1, 0.15) is 16.1 Å². The van der Waals surface area contributed by atoms with Crippen molar-refractivity contribution in [3.8, 4) is 11.4 Å². The van der Waals surface area contributed by atoms with Crippen LogP contribution in [-0.4, -0.2) is 9.97 Å². The van der Waals surface area contributed by atoms with Gasteiger partial charge in [0.15, 0.2) is 5.82 Å². The third-order valence-corrected chi connectivity index (χ3v) is 3.33. The molecule has 0 radical (unpaired) electrons. The van der Waals surface area contributed by atoms with E-state index in [0.717, 1.165) is 5.56 Å². The summed E-state index contributed by atoms with van der Waals surface area (Å²) in [5, 5.41) is 0.632. The van der Waals surface area contributed by atoms with Crippen molar-refractivity contribution >= 4 is 23.2 Å². The minimum Gasteiger partial charge on any atom is -0.216 e. The number of hydrogen-bond acceptors (Lipinski definition) is 2. The lowest BCUT2D eigenvalue weighted by Crippen LogP contribution is -1.98. The third kappa shape index (κ3) is 2.47. The van der Waals surface area contributed by atoms with Crippen LogP contribution in [0.5, 0.6) is 0 Å². The Balaban J connectivity index is 2.61. The summed E-state index contributed by atoms with van der Waals surface area (Å²) in [4.78, 5) is 8.36. The van der Waals surface area contributed by atoms with Crippen LogP contribution in [0.1, 0.15) is 18.1 Å². The number of aryl methyl sites for hydroxylation is 1. The van der Waals surface area contributed by atoms with Gasteiger partial charge in [-0.1, -0.05) is 36.2 Å². The summed E-state index contributed by atoms with van der Waals surface area (Å²) in [5.74, 6) is 0.00483. The molecule has 0 saturated carbocycles. The van der Waals surface area contributed by atoms with Gasteiger partial charge in [0.05, 0.1) is 0 Å². The molecule has 1 heterocycles.